The Hall–Kier alpha value is -2.77. The van der Waals surface area contributed by atoms with E-state index in [0.29, 0.717) is 19.5 Å². The van der Waals surface area contributed by atoms with Crippen molar-refractivity contribution >= 4 is 23.2 Å². The van der Waals surface area contributed by atoms with Gasteiger partial charge in [0, 0.05) is 24.7 Å². The molecule has 0 spiro atoms. The summed E-state index contributed by atoms with van der Waals surface area (Å²) in [6.07, 6.45) is 6.61. The Morgan fingerprint density at radius 3 is 1.97 bits per heavy atom. The molecule has 208 valence electrons. The average Bonchev–Trinajstić information content (AvgIpc) is 3.39. The number of thiazole rings is 1. The summed E-state index contributed by atoms with van der Waals surface area (Å²) < 4.78 is 0. The third-order valence-corrected chi connectivity index (χ3v) is 7.27. The number of hydrogen-bond donors (Lipinski definition) is 2. The predicted molar refractivity (Wildman–Crippen MR) is 159 cm³/mol. The summed E-state index contributed by atoms with van der Waals surface area (Å²) in [7, 11) is 0. The number of hydrogen-bond acceptors (Lipinski definition) is 5. The second-order valence-corrected chi connectivity index (χ2v) is 12.0. The third kappa shape index (κ3) is 10.2. The molecule has 0 unspecified atom stereocenters. The SMILES string of the molecule is CC(C)=CCN(CC=C(C)C)[C@@H](Cc1ccccc1)C(=O)N[C@H](C(=O)N[C@H](c1nccs1)C(C)C)C(C)C. The number of nitrogens with one attached hydrogen (secondary N) is 2. The average molecular weight is 539 g/mol. The first-order chi connectivity index (χ1) is 18.0. The van der Waals surface area contributed by atoms with Gasteiger partial charge < -0.3 is 10.6 Å². The summed E-state index contributed by atoms with van der Waals surface area (Å²) in [6.45, 7) is 17.6. The van der Waals surface area contributed by atoms with Gasteiger partial charge in [-0.15, -0.1) is 11.3 Å². The highest BCUT2D eigenvalue weighted by Crippen LogP contribution is 2.24. The molecule has 2 aromatic rings. The molecule has 1 aromatic heterocycles. The molecule has 0 aliphatic rings. The van der Waals surface area contributed by atoms with Crippen LogP contribution in [0.5, 0.6) is 0 Å². The molecule has 2 N–H and O–H groups in total. The van der Waals surface area contributed by atoms with Gasteiger partial charge in [-0.2, -0.15) is 0 Å². The minimum absolute atomic E-state index is 0.0792. The summed E-state index contributed by atoms with van der Waals surface area (Å²) in [4.78, 5) is 34.1. The smallest absolute Gasteiger partial charge is 0.243 e. The van der Waals surface area contributed by atoms with Crippen molar-refractivity contribution in [2.24, 2.45) is 11.8 Å². The molecular weight excluding hydrogens is 492 g/mol. The van der Waals surface area contributed by atoms with Gasteiger partial charge in [-0.25, -0.2) is 4.98 Å². The molecule has 0 fully saturated rings. The van der Waals surface area contributed by atoms with Crippen molar-refractivity contribution in [3.05, 3.63) is 75.8 Å². The zero-order valence-electron chi connectivity index (χ0n) is 24.3. The lowest BCUT2D eigenvalue weighted by molar-refractivity contribution is -0.133. The highest BCUT2D eigenvalue weighted by molar-refractivity contribution is 7.09. The van der Waals surface area contributed by atoms with E-state index < -0.39 is 12.1 Å². The summed E-state index contributed by atoms with van der Waals surface area (Å²) in [5.41, 5.74) is 3.49. The summed E-state index contributed by atoms with van der Waals surface area (Å²) in [6, 6.07) is 8.78. The quantitative estimate of drug-likeness (QED) is 0.292. The fourth-order valence-corrected chi connectivity index (χ4v) is 4.94. The third-order valence-electron chi connectivity index (χ3n) is 6.41. The van der Waals surface area contributed by atoms with E-state index in [2.05, 4.69) is 74.2 Å². The van der Waals surface area contributed by atoms with E-state index in [1.807, 2.05) is 49.6 Å². The van der Waals surface area contributed by atoms with Crippen LogP contribution in [0.1, 0.15) is 72.0 Å². The van der Waals surface area contributed by atoms with Crippen LogP contribution in [0.25, 0.3) is 0 Å². The molecule has 7 heteroatoms. The van der Waals surface area contributed by atoms with E-state index in [9.17, 15) is 9.59 Å². The molecule has 0 saturated heterocycles. The number of benzene rings is 1. The molecule has 38 heavy (non-hydrogen) atoms. The Labute approximate surface area is 233 Å². The van der Waals surface area contributed by atoms with Gasteiger partial charge in [0.25, 0.3) is 0 Å². The molecule has 2 amide bonds. The maximum absolute atomic E-state index is 14.0. The Morgan fingerprint density at radius 1 is 0.895 bits per heavy atom. The van der Waals surface area contributed by atoms with E-state index in [4.69, 9.17) is 0 Å². The molecule has 0 aliphatic carbocycles. The van der Waals surface area contributed by atoms with E-state index in [1.54, 1.807) is 6.20 Å². The molecule has 0 saturated carbocycles. The van der Waals surface area contributed by atoms with Crippen LogP contribution < -0.4 is 10.6 Å². The number of nitrogens with zero attached hydrogens (tertiary/aromatic N) is 2. The van der Waals surface area contributed by atoms with E-state index >= 15 is 0 Å². The molecule has 0 radical (unpaired) electrons. The predicted octanol–water partition coefficient (Wildman–Crippen LogP) is 5.94. The van der Waals surface area contributed by atoms with Crippen LogP contribution in [0, 0.1) is 11.8 Å². The molecule has 6 nitrogen and oxygen atoms in total. The van der Waals surface area contributed by atoms with Gasteiger partial charge >= 0.3 is 0 Å². The number of carbonyl (C=O) groups is 2. The van der Waals surface area contributed by atoms with E-state index in [-0.39, 0.29) is 29.7 Å². The highest BCUT2D eigenvalue weighted by atomic mass is 32.1. The zero-order chi connectivity index (χ0) is 28.2. The molecule has 1 heterocycles. The number of rotatable bonds is 14. The van der Waals surface area contributed by atoms with Gasteiger partial charge in [0.1, 0.15) is 11.0 Å². The summed E-state index contributed by atoms with van der Waals surface area (Å²) >= 11 is 1.53. The van der Waals surface area contributed by atoms with Gasteiger partial charge in [0.15, 0.2) is 0 Å². The Kier molecular flexibility index (Phi) is 12.9. The first-order valence-electron chi connectivity index (χ1n) is 13.5. The summed E-state index contributed by atoms with van der Waals surface area (Å²) in [5, 5.41) is 9.09. The van der Waals surface area contributed by atoms with E-state index in [1.165, 1.54) is 22.5 Å². The number of carbonyl (C=O) groups excluding carboxylic acids is 2. The van der Waals surface area contributed by atoms with Gasteiger partial charge in [-0.3, -0.25) is 14.5 Å². The molecule has 0 aliphatic heterocycles. The highest BCUT2D eigenvalue weighted by Gasteiger charge is 2.32. The van der Waals surface area contributed by atoms with Gasteiger partial charge in [-0.05, 0) is 51.5 Å². The van der Waals surface area contributed by atoms with Crippen molar-refractivity contribution in [3.8, 4) is 0 Å². The van der Waals surface area contributed by atoms with Crippen LogP contribution in [0.3, 0.4) is 0 Å². The number of aromatic nitrogens is 1. The molecular formula is C31H46N4O2S. The van der Waals surface area contributed by atoms with Crippen LogP contribution in [0.4, 0.5) is 0 Å². The Balaban J connectivity index is 2.34. The van der Waals surface area contributed by atoms with Gasteiger partial charge in [0.05, 0.1) is 12.1 Å². The van der Waals surface area contributed by atoms with Crippen LogP contribution in [0.2, 0.25) is 0 Å². The Bertz CT molecular complexity index is 1030. The van der Waals surface area contributed by atoms with Crippen LogP contribution in [-0.4, -0.2) is 46.9 Å². The second-order valence-electron chi connectivity index (χ2n) is 11.1. The normalized spacial score (nSPS) is 13.7. The lowest BCUT2D eigenvalue weighted by Crippen LogP contribution is -2.56. The van der Waals surface area contributed by atoms with Crippen molar-refractivity contribution < 1.29 is 9.59 Å². The van der Waals surface area contributed by atoms with Crippen LogP contribution in [-0.2, 0) is 16.0 Å². The fraction of sp³-hybridized carbons (Fsp3) is 0.516. The van der Waals surface area contributed by atoms with Crippen molar-refractivity contribution in [1.82, 2.24) is 20.5 Å². The lowest BCUT2D eigenvalue weighted by atomic mass is 9.98. The molecule has 0 bridgehead atoms. The van der Waals surface area contributed by atoms with Crippen molar-refractivity contribution in [3.63, 3.8) is 0 Å². The minimum atomic E-state index is -0.657. The minimum Gasteiger partial charge on any atom is -0.345 e. The lowest BCUT2D eigenvalue weighted by Gasteiger charge is -2.32. The van der Waals surface area contributed by atoms with Gasteiger partial charge in [-0.1, -0.05) is 81.3 Å². The maximum Gasteiger partial charge on any atom is 0.243 e. The van der Waals surface area contributed by atoms with Crippen molar-refractivity contribution in [1.29, 1.82) is 0 Å². The fourth-order valence-electron chi connectivity index (χ4n) is 4.08. The van der Waals surface area contributed by atoms with E-state index in [0.717, 1.165) is 10.6 Å². The first kappa shape index (κ1) is 31.4. The number of amides is 2. The monoisotopic (exact) mass is 538 g/mol. The Morgan fingerprint density at radius 2 is 1.50 bits per heavy atom. The summed E-state index contributed by atoms with van der Waals surface area (Å²) in [5.74, 6) is -0.226. The molecule has 3 atom stereocenters. The topological polar surface area (TPSA) is 74.3 Å². The maximum atomic E-state index is 14.0. The van der Waals surface area contributed by atoms with Crippen molar-refractivity contribution in [2.45, 2.75) is 79.9 Å². The standard InChI is InChI=1S/C31H46N4O2S/c1-21(2)14-17-35(18-15-22(3)4)26(20-25-12-10-9-11-13-25)29(36)33-27(23(5)6)30(37)34-28(24(7)8)31-32-16-19-38-31/h9-16,19,23-24,26-28H,17-18,20H2,1-8H3,(H,33,36)(H,34,37)/t26-,27-,28-/m0/s1. The van der Waals surface area contributed by atoms with Crippen LogP contribution in [0.15, 0.2) is 65.2 Å². The number of allylic oxidation sites excluding steroid dienone is 2. The molecule has 1 aromatic carbocycles. The molecule has 2 rings (SSSR count). The first-order valence-corrected chi connectivity index (χ1v) is 14.4. The van der Waals surface area contributed by atoms with Crippen molar-refractivity contribution in [2.75, 3.05) is 13.1 Å². The van der Waals surface area contributed by atoms with Gasteiger partial charge in [0.2, 0.25) is 11.8 Å². The largest absolute Gasteiger partial charge is 0.345 e. The second kappa shape index (κ2) is 15.6. The zero-order valence-corrected chi connectivity index (χ0v) is 25.1. The van der Waals surface area contributed by atoms with Crippen LogP contribution >= 0.6 is 11.3 Å².